The largest absolute Gasteiger partial charge is 0.466 e. The van der Waals surface area contributed by atoms with Gasteiger partial charge in [-0.25, -0.2) is 9.18 Å². The summed E-state index contributed by atoms with van der Waals surface area (Å²) in [5.41, 5.74) is -1.31. The first kappa shape index (κ1) is 27.8. The second-order valence-corrected chi connectivity index (χ2v) is 10.3. The Balaban J connectivity index is 2.08. The molecular formula is C23H39ClFN3O5. The summed E-state index contributed by atoms with van der Waals surface area (Å²) in [7, 11) is 0. The molecule has 0 saturated carbocycles. The van der Waals surface area contributed by atoms with E-state index >= 15 is 4.39 Å². The third kappa shape index (κ3) is 8.07. The third-order valence-electron chi connectivity index (χ3n) is 5.91. The van der Waals surface area contributed by atoms with Crippen molar-refractivity contribution >= 4 is 29.4 Å². The number of ketones is 1. The number of alkyl carbamates (subject to hydrolysis) is 1. The number of carbonyl (C=O) groups is 3. The summed E-state index contributed by atoms with van der Waals surface area (Å²) in [4.78, 5) is 40.5. The first-order valence-electron chi connectivity index (χ1n) is 11.9. The molecular weight excluding hydrogens is 453 g/mol. The molecule has 2 aliphatic rings. The van der Waals surface area contributed by atoms with Crippen molar-refractivity contribution in [1.82, 2.24) is 15.1 Å². The Bertz CT molecular complexity index is 689. The van der Waals surface area contributed by atoms with Crippen molar-refractivity contribution in [3.63, 3.8) is 0 Å². The molecule has 0 bridgehead atoms. The number of rotatable bonds is 9. The van der Waals surface area contributed by atoms with E-state index in [4.69, 9.17) is 21.1 Å². The van der Waals surface area contributed by atoms with Crippen LogP contribution in [-0.2, 0) is 19.1 Å². The first-order chi connectivity index (χ1) is 15.5. The van der Waals surface area contributed by atoms with Gasteiger partial charge < -0.3 is 14.8 Å². The molecule has 10 heteroatoms. The van der Waals surface area contributed by atoms with Gasteiger partial charge in [0.1, 0.15) is 24.0 Å². The number of piperidine rings is 1. The number of unbranched alkanes of at least 4 members (excludes halogenated alkanes) is 1. The highest BCUT2D eigenvalue weighted by molar-refractivity contribution is 6.22. The van der Waals surface area contributed by atoms with E-state index in [2.05, 4.69) is 5.32 Å². The molecule has 1 amide bonds. The lowest BCUT2D eigenvalue weighted by atomic mass is 9.88. The zero-order valence-corrected chi connectivity index (χ0v) is 21.2. The Labute approximate surface area is 201 Å². The lowest BCUT2D eigenvalue weighted by Gasteiger charge is -2.48. The molecule has 0 spiro atoms. The van der Waals surface area contributed by atoms with Gasteiger partial charge in [0.05, 0.1) is 24.2 Å². The molecule has 2 heterocycles. The molecule has 0 aromatic heterocycles. The highest BCUT2D eigenvalue weighted by Gasteiger charge is 2.48. The topological polar surface area (TPSA) is 88.2 Å². The van der Waals surface area contributed by atoms with E-state index in [-0.39, 0.29) is 24.9 Å². The smallest absolute Gasteiger partial charge is 0.407 e. The number of amides is 1. The van der Waals surface area contributed by atoms with Crippen LogP contribution in [0.5, 0.6) is 0 Å². The minimum absolute atomic E-state index is 0.0413. The van der Waals surface area contributed by atoms with Gasteiger partial charge in [-0.05, 0) is 47.0 Å². The summed E-state index contributed by atoms with van der Waals surface area (Å²) < 4.78 is 25.7. The van der Waals surface area contributed by atoms with E-state index in [1.807, 2.05) is 16.7 Å². The van der Waals surface area contributed by atoms with Gasteiger partial charge in [0.2, 0.25) is 0 Å². The molecule has 0 aromatic carbocycles. The summed E-state index contributed by atoms with van der Waals surface area (Å²) >= 11 is 6.74. The number of nitrogens with zero attached hydrogens (tertiary/aromatic N) is 2. The Morgan fingerprint density at radius 3 is 2.52 bits per heavy atom. The molecule has 4 unspecified atom stereocenters. The SMILES string of the molecule is CCCCN1C(Cl)C(C(=O)CC(=O)OCC)CC(F)C1N1CC[C@H](NC(=O)OC(C)(C)C)C1. The Morgan fingerprint density at radius 1 is 1.21 bits per heavy atom. The second kappa shape index (κ2) is 12.3. The molecule has 1 N–H and O–H groups in total. The fourth-order valence-electron chi connectivity index (χ4n) is 4.49. The van der Waals surface area contributed by atoms with Crippen LogP contribution in [0.15, 0.2) is 0 Å². The molecule has 2 aliphatic heterocycles. The minimum atomic E-state index is -1.31. The quantitative estimate of drug-likeness (QED) is 0.229. The number of esters is 1. The van der Waals surface area contributed by atoms with Crippen LogP contribution in [0.3, 0.4) is 0 Å². The zero-order valence-electron chi connectivity index (χ0n) is 20.4. The molecule has 0 aromatic rings. The zero-order chi connectivity index (χ0) is 24.8. The van der Waals surface area contributed by atoms with Crippen LogP contribution in [-0.4, -0.2) is 83.4 Å². The minimum Gasteiger partial charge on any atom is -0.466 e. The number of Topliss-reactive ketones (excluding diaryl/α,β-unsaturated/α-hetero) is 1. The first-order valence-corrected chi connectivity index (χ1v) is 12.4. The molecule has 33 heavy (non-hydrogen) atoms. The van der Waals surface area contributed by atoms with Gasteiger partial charge in [-0.1, -0.05) is 13.3 Å². The molecule has 190 valence electrons. The van der Waals surface area contributed by atoms with Crippen LogP contribution in [0, 0.1) is 5.92 Å². The average Bonchev–Trinajstić information content (AvgIpc) is 3.14. The molecule has 2 rings (SSSR count). The molecule has 0 aliphatic carbocycles. The second-order valence-electron chi connectivity index (χ2n) is 9.81. The van der Waals surface area contributed by atoms with Crippen LogP contribution in [0.4, 0.5) is 9.18 Å². The molecule has 8 nitrogen and oxygen atoms in total. The fourth-order valence-corrected chi connectivity index (χ4v) is 4.94. The monoisotopic (exact) mass is 491 g/mol. The molecule has 0 radical (unpaired) electrons. The Morgan fingerprint density at radius 2 is 1.91 bits per heavy atom. The van der Waals surface area contributed by atoms with Gasteiger partial charge in [-0.15, -0.1) is 11.6 Å². The Hall–Kier alpha value is -1.45. The maximum absolute atomic E-state index is 15.5. The van der Waals surface area contributed by atoms with E-state index in [0.717, 1.165) is 12.8 Å². The maximum atomic E-state index is 15.5. The van der Waals surface area contributed by atoms with E-state index in [1.165, 1.54) is 0 Å². The third-order valence-corrected chi connectivity index (χ3v) is 6.47. The van der Waals surface area contributed by atoms with Crippen LogP contribution < -0.4 is 5.32 Å². The number of ether oxygens (including phenoxy) is 2. The van der Waals surface area contributed by atoms with Crippen LogP contribution in [0.2, 0.25) is 0 Å². The van der Waals surface area contributed by atoms with Crippen molar-refractivity contribution in [2.75, 3.05) is 26.2 Å². The standard InChI is InChI=1S/C23H39ClFN3O5/c1-6-8-10-28-20(24)16(18(29)13-19(30)32-7-2)12-17(25)21(28)27-11-9-15(14-27)26-22(31)33-23(3,4)5/h15-17,20-21H,6-14H2,1-5H3,(H,26,31)/t15-,16?,17?,20?,21?/m0/s1. The van der Waals surface area contributed by atoms with Gasteiger partial charge in [0.25, 0.3) is 0 Å². The van der Waals surface area contributed by atoms with E-state index in [1.54, 1.807) is 27.7 Å². The summed E-state index contributed by atoms with van der Waals surface area (Å²) in [5, 5.41) is 2.87. The highest BCUT2D eigenvalue weighted by atomic mass is 35.5. The number of nitrogens with one attached hydrogen (secondary N) is 1. The van der Waals surface area contributed by atoms with Crippen molar-refractivity contribution in [3.05, 3.63) is 0 Å². The van der Waals surface area contributed by atoms with Crippen LogP contribution in [0.1, 0.15) is 66.7 Å². The van der Waals surface area contributed by atoms with Crippen molar-refractivity contribution in [2.24, 2.45) is 5.92 Å². The lowest BCUT2D eigenvalue weighted by molar-refractivity contribution is -0.148. The number of hydrogen-bond acceptors (Lipinski definition) is 7. The number of hydrogen-bond donors (Lipinski definition) is 1. The maximum Gasteiger partial charge on any atom is 0.407 e. The normalized spacial score (nSPS) is 29.0. The predicted molar refractivity (Wildman–Crippen MR) is 124 cm³/mol. The highest BCUT2D eigenvalue weighted by Crippen LogP contribution is 2.37. The van der Waals surface area contributed by atoms with E-state index in [9.17, 15) is 14.4 Å². The summed E-state index contributed by atoms with van der Waals surface area (Å²) in [6, 6.07) is -0.156. The van der Waals surface area contributed by atoms with Crippen molar-refractivity contribution in [1.29, 1.82) is 0 Å². The van der Waals surface area contributed by atoms with E-state index in [0.29, 0.717) is 26.1 Å². The number of halogens is 2. The predicted octanol–water partition coefficient (Wildman–Crippen LogP) is 3.46. The van der Waals surface area contributed by atoms with Gasteiger partial charge in [0, 0.05) is 25.7 Å². The molecule has 2 saturated heterocycles. The fraction of sp³-hybridized carbons (Fsp3) is 0.870. The molecule has 5 atom stereocenters. The van der Waals surface area contributed by atoms with E-state index < -0.39 is 47.8 Å². The summed E-state index contributed by atoms with van der Waals surface area (Å²) in [5.74, 6) is -1.78. The summed E-state index contributed by atoms with van der Waals surface area (Å²) in [6.45, 7) is 10.9. The summed E-state index contributed by atoms with van der Waals surface area (Å²) in [6.07, 6.45) is -0.455. The van der Waals surface area contributed by atoms with Crippen molar-refractivity contribution in [3.8, 4) is 0 Å². The van der Waals surface area contributed by atoms with Crippen molar-refractivity contribution < 1.29 is 28.2 Å². The van der Waals surface area contributed by atoms with Crippen LogP contribution >= 0.6 is 11.6 Å². The number of carbonyl (C=O) groups excluding carboxylic acids is 3. The van der Waals surface area contributed by atoms with Crippen molar-refractivity contribution in [2.45, 2.75) is 96.2 Å². The van der Waals surface area contributed by atoms with Gasteiger partial charge in [-0.3, -0.25) is 19.4 Å². The van der Waals surface area contributed by atoms with Gasteiger partial charge in [0.15, 0.2) is 0 Å². The number of likely N-dealkylation sites (tertiary alicyclic amines) is 2. The van der Waals surface area contributed by atoms with Gasteiger partial charge >= 0.3 is 12.1 Å². The van der Waals surface area contributed by atoms with Gasteiger partial charge in [-0.2, -0.15) is 0 Å². The van der Waals surface area contributed by atoms with Crippen LogP contribution in [0.25, 0.3) is 0 Å². The average molecular weight is 492 g/mol. The number of alkyl halides is 2. The molecule has 2 fully saturated rings. The Kier molecular flexibility index (Phi) is 10.4. The lowest BCUT2D eigenvalue weighted by Crippen LogP contribution is -2.62.